The molecule has 6 aliphatic rings. The molecule has 3 saturated carbocycles. The van der Waals surface area contributed by atoms with Crippen LogP contribution >= 0.6 is 0 Å². The van der Waals surface area contributed by atoms with Crippen molar-refractivity contribution in [2.24, 2.45) is 28.6 Å². The number of carbonyl (C=O) groups is 1. The molecule has 0 radical (unpaired) electrons. The SMILES string of the molecule is C[C@]12CC[C@H]3[C@@H](CC=C4C[C@@H](OC5CCCCO5)CC[C@@]43CC=O)[C@@H]1CC[C@@H]2OC1CCCCO1. The summed E-state index contributed by atoms with van der Waals surface area (Å²) in [6, 6.07) is 0. The second kappa shape index (κ2) is 10.2. The maximum atomic E-state index is 12.0. The molecule has 35 heavy (non-hydrogen) atoms. The Morgan fingerprint density at radius 3 is 2.40 bits per heavy atom. The number of hydrogen-bond donors (Lipinski definition) is 0. The lowest BCUT2D eigenvalue weighted by Crippen LogP contribution is -2.53. The number of ether oxygens (including phenoxy) is 4. The zero-order valence-corrected chi connectivity index (χ0v) is 21.8. The van der Waals surface area contributed by atoms with Gasteiger partial charge in [0.05, 0.1) is 12.2 Å². The smallest absolute Gasteiger partial charge is 0.157 e. The fraction of sp³-hybridized carbons (Fsp3) is 0.900. The van der Waals surface area contributed by atoms with Crippen molar-refractivity contribution in [3.63, 3.8) is 0 Å². The standard InChI is InChI=1S/C30H46O5/c1-29-14-13-25-23(24(29)10-11-26(29)35-28-7-3-5-19-33-28)9-8-21-20-22(12-15-30(21,25)16-17-31)34-27-6-2-4-18-32-27/h8,17,22-28H,2-7,9-16,18-20H2,1H3/t22-,23-,24-,25-,26-,27?,28?,29-,30+/m0/s1. The summed E-state index contributed by atoms with van der Waals surface area (Å²) in [6.07, 6.45) is 21.0. The quantitative estimate of drug-likeness (QED) is 0.324. The van der Waals surface area contributed by atoms with Crippen LogP contribution in [0, 0.1) is 28.6 Å². The van der Waals surface area contributed by atoms with Crippen LogP contribution in [0.4, 0.5) is 0 Å². The van der Waals surface area contributed by atoms with Crippen LogP contribution in [0.15, 0.2) is 11.6 Å². The molecule has 2 saturated heterocycles. The molecule has 0 bridgehead atoms. The van der Waals surface area contributed by atoms with Crippen LogP contribution in [0.1, 0.15) is 103 Å². The van der Waals surface area contributed by atoms with E-state index in [1.807, 2.05) is 0 Å². The normalized spacial score (nSPS) is 47.8. The third-order valence-electron chi connectivity index (χ3n) is 11.1. The molecule has 2 aliphatic heterocycles. The highest BCUT2D eigenvalue weighted by Crippen LogP contribution is 2.66. The summed E-state index contributed by atoms with van der Waals surface area (Å²) < 4.78 is 24.9. The maximum Gasteiger partial charge on any atom is 0.157 e. The number of allylic oxidation sites excluding steroid dienone is 1. The number of rotatable bonds is 6. The van der Waals surface area contributed by atoms with Gasteiger partial charge >= 0.3 is 0 Å². The molecule has 0 aromatic rings. The Bertz CT molecular complexity index is 784. The second-order valence-electron chi connectivity index (χ2n) is 12.7. The summed E-state index contributed by atoms with van der Waals surface area (Å²) in [4.78, 5) is 12.0. The molecule has 0 amide bonds. The monoisotopic (exact) mass is 486 g/mol. The van der Waals surface area contributed by atoms with Gasteiger partial charge in [-0.2, -0.15) is 0 Å². The highest BCUT2D eigenvalue weighted by Gasteiger charge is 2.60. The third kappa shape index (κ3) is 4.47. The van der Waals surface area contributed by atoms with Crippen LogP contribution in [-0.4, -0.2) is 44.3 Å². The van der Waals surface area contributed by atoms with Crippen LogP contribution < -0.4 is 0 Å². The van der Waals surface area contributed by atoms with Gasteiger partial charge in [-0.15, -0.1) is 0 Å². The summed E-state index contributed by atoms with van der Waals surface area (Å²) in [5.74, 6) is 2.00. The van der Waals surface area contributed by atoms with Gasteiger partial charge in [-0.3, -0.25) is 0 Å². The molecule has 0 aromatic heterocycles. The van der Waals surface area contributed by atoms with Crippen molar-refractivity contribution < 1.29 is 23.7 Å². The zero-order valence-electron chi connectivity index (χ0n) is 21.8. The van der Waals surface area contributed by atoms with Gasteiger partial charge in [0.15, 0.2) is 12.6 Å². The molecule has 6 rings (SSSR count). The zero-order chi connectivity index (χ0) is 23.9. The summed E-state index contributed by atoms with van der Waals surface area (Å²) in [6.45, 7) is 4.19. The summed E-state index contributed by atoms with van der Waals surface area (Å²) in [5, 5.41) is 0. The fourth-order valence-corrected chi connectivity index (χ4v) is 9.28. The van der Waals surface area contributed by atoms with Gasteiger partial charge in [0.2, 0.25) is 0 Å². The topological polar surface area (TPSA) is 54.0 Å². The molecule has 5 fully saturated rings. The minimum absolute atomic E-state index is 0.00438. The van der Waals surface area contributed by atoms with Crippen LogP contribution in [0.5, 0.6) is 0 Å². The van der Waals surface area contributed by atoms with E-state index in [0.29, 0.717) is 30.3 Å². The minimum Gasteiger partial charge on any atom is -0.353 e. The van der Waals surface area contributed by atoms with Gasteiger partial charge in [0.25, 0.3) is 0 Å². The maximum absolute atomic E-state index is 12.0. The average molecular weight is 487 g/mol. The number of hydrogen-bond acceptors (Lipinski definition) is 5. The van der Waals surface area contributed by atoms with Crippen molar-refractivity contribution in [2.75, 3.05) is 13.2 Å². The predicted octanol–water partition coefficient (Wildman–Crippen LogP) is 6.34. The van der Waals surface area contributed by atoms with Crippen molar-refractivity contribution in [2.45, 2.75) is 128 Å². The van der Waals surface area contributed by atoms with Crippen molar-refractivity contribution in [1.29, 1.82) is 0 Å². The van der Waals surface area contributed by atoms with Gasteiger partial charge in [-0.25, -0.2) is 0 Å². The molecule has 2 heterocycles. The van der Waals surface area contributed by atoms with Crippen molar-refractivity contribution >= 4 is 6.29 Å². The van der Waals surface area contributed by atoms with E-state index in [0.717, 1.165) is 51.7 Å². The van der Waals surface area contributed by atoms with E-state index in [-0.39, 0.29) is 29.5 Å². The fourth-order valence-electron chi connectivity index (χ4n) is 9.28. The molecule has 9 atom stereocenters. The highest BCUT2D eigenvalue weighted by atomic mass is 16.7. The molecular formula is C30H46O5. The summed E-state index contributed by atoms with van der Waals surface area (Å²) in [7, 11) is 0. The summed E-state index contributed by atoms with van der Waals surface area (Å²) >= 11 is 0. The van der Waals surface area contributed by atoms with E-state index < -0.39 is 0 Å². The first-order valence-corrected chi connectivity index (χ1v) is 14.8. The Morgan fingerprint density at radius 1 is 0.914 bits per heavy atom. The largest absolute Gasteiger partial charge is 0.353 e. The first-order chi connectivity index (χ1) is 17.1. The van der Waals surface area contributed by atoms with Gasteiger partial charge < -0.3 is 23.7 Å². The van der Waals surface area contributed by atoms with Gasteiger partial charge in [0.1, 0.15) is 6.29 Å². The number of carbonyl (C=O) groups excluding carboxylic acids is 1. The van der Waals surface area contributed by atoms with Crippen molar-refractivity contribution in [3.05, 3.63) is 11.6 Å². The molecular weight excluding hydrogens is 440 g/mol. The molecule has 4 aliphatic carbocycles. The molecule has 0 aromatic carbocycles. The Hall–Kier alpha value is -0.750. The van der Waals surface area contributed by atoms with Crippen LogP contribution in [0.25, 0.3) is 0 Å². The van der Waals surface area contributed by atoms with Gasteiger partial charge in [-0.05, 0) is 113 Å². The Balaban J connectivity index is 1.18. The third-order valence-corrected chi connectivity index (χ3v) is 11.1. The molecule has 5 nitrogen and oxygen atoms in total. The molecule has 196 valence electrons. The van der Waals surface area contributed by atoms with E-state index in [4.69, 9.17) is 18.9 Å². The number of aldehydes is 1. The van der Waals surface area contributed by atoms with E-state index >= 15 is 0 Å². The Kier molecular flexibility index (Phi) is 7.16. The second-order valence-corrected chi connectivity index (χ2v) is 12.7. The van der Waals surface area contributed by atoms with E-state index in [1.165, 1.54) is 63.2 Å². The lowest BCUT2D eigenvalue weighted by atomic mass is 9.46. The van der Waals surface area contributed by atoms with Crippen LogP contribution in [0.2, 0.25) is 0 Å². The van der Waals surface area contributed by atoms with E-state index in [9.17, 15) is 4.79 Å². The van der Waals surface area contributed by atoms with Crippen molar-refractivity contribution in [3.8, 4) is 0 Å². The van der Waals surface area contributed by atoms with E-state index in [1.54, 1.807) is 0 Å². The Morgan fingerprint density at radius 2 is 1.69 bits per heavy atom. The van der Waals surface area contributed by atoms with E-state index in [2.05, 4.69) is 13.0 Å². The lowest BCUT2D eigenvalue weighted by Gasteiger charge is -2.59. The first kappa shape index (κ1) is 24.6. The van der Waals surface area contributed by atoms with Crippen molar-refractivity contribution in [1.82, 2.24) is 0 Å². The minimum atomic E-state index is -0.0248. The predicted molar refractivity (Wildman–Crippen MR) is 134 cm³/mol. The molecule has 0 N–H and O–H groups in total. The molecule has 5 heteroatoms. The summed E-state index contributed by atoms with van der Waals surface area (Å²) in [5.41, 5.74) is 1.84. The van der Waals surface area contributed by atoms with Gasteiger partial charge in [0, 0.05) is 25.0 Å². The number of fused-ring (bicyclic) bond motifs is 5. The average Bonchev–Trinajstić information content (AvgIpc) is 3.21. The molecule has 2 unspecified atom stereocenters. The highest BCUT2D eigenvalue weighted by molar-refractivity contribution is 5.53. The van der Waals surface area contributed by atoms with Gasteiger partial charge in [-0.1, -0.05) is 18.6 Å². The Labute approximate surface area is 211 Å². The first-order valence-electron chi connectivity index (χ1n) is 14.8. The van der Waals surface area contributed by atoms with Crippen LogP contribution in [-0.2, 0) is 23.7 Å². The molecule has 0 spiro atoms. The van der Waals surface area contributed by atoms with Crippen LogP contribution in [0.3, 0.4) is 0 Å². The lowest BCUT2D eigenvalue weighted by molar-refractivity contribution is -0.216.